The minimum absolute atomic E-state index is 0.185. The average molecular weight is 443 g/mol. The van der Waals surface area contributed by atoms with Gasteiger partial charge in [-0.15, -0.1) is 0 Å². The van der Waals surface area contributed by atoms with Gasteiger partial charge in [0.25, 0.3) is 0 Å². The number of para-hydroxylation sites is 1. The topological polar surface area (TPSA) is 95.9 Å². The van der Waals surface area contributed by atoms with Gasteiger partial charge < -0.3 is 20.1 Å². The van der Waals surface area contributed by atoms with Crippen LogP contribution in [-0.4, -0.2) is 53.1 Å². The number of amides is 2. The minimum Gasteiger partial charge on any atom is -0.466 e. The molecule has 0 spiro atoms. The van der Waals surface area contributed by atoms with E-state index in [4.69, 9.17) is 4.74 Å². The number of carbonyl (C=O) groups excluding carboxylic acids is 3. The zero-order valence-electron chi connectivity index (χ0n) is 19.5. The molecule has 174 valence electrons. The molecule has 6 atom stereocenters. The number of aryl methyl sites for hydroxylation is 2. The predicted octanol–water partition coefficient (Wildman–Crippen LogP) is 2.84. The normalized spacial score (nSPS) is 27.8. The summed E-state index contributed by atoms with van der Waals surface area (Å²) in [5, 5.41) is 13.0. The van der Waals surface area contributed by atoms with Gasteiger partial charge in [-0.3, -0.25) is 14.4 Å². The highest BCUT2D eigenvalue weighted by Gasteiger charge is 2.58. The number of aliphatic hydroxyl groups is 1. The van der Waals surface area contributed by atoms with Crippen molar-refractivity contribution in [1.29, 1.82) is 0 Å². The molecule has 1 aromatic rings. The second-order valence-electron chi connectivity index (χ2n) is 8.82. The van der Waals surface area contributed by atoms with E-state index in [9.17, 15) is 19.5 Å². The Morgan fingerprint density at radius 3 is 2.41 bits per heavy atom. The Morgan fingerprint density at radius 2 is 1.84 bits per heavy atom. The lowest BCUT2D eigenvalue weighted by Gasteiger charge is -2.33. The zero-order valence-corrected chi connectivity index (χ0v) is 19.5. The van der Waals surface area contributed by atoms with Crippen molar-refractivity contribution in [2.24, 2.45) is 23.7 Å². The molecule has 1 aromatic carbocycles. The van der Waals surface area contributed by atoms with Crippen LogP contribution in [0.1, 0.15) is 38.3 Å². The summed E-state index contributed by atoms with van der Waals surface area (Å²) in [6.07, 6.45) is 4.29. The summed E-state index contributed by atoms with van der Waals surface area (Å²) in [6.45, 7) is 9.32. The van der Waals surface area contributed by atoms with Crippen LogP contribution < -0.4 is 5.32 Å². The standard InChI is InChI=1S/C25H34N2O5/c1-6-17(13-28)27-22(23(29)26-21-15(4)9-8-10-16(21)5)18-12-11-14(3)19(20(18)24(27)30)25(31)32-7-2/h8-12,14,17-20,22,28H,6-7,13H2,1-5H3,(H,26,29)/t14-,17+,18+,19-,20+,22+/m1/s1. The van der Waals surface area contributed by atoms with Gasteiger partial charge in [-0.25, -0.2) is 0 Å². The van der Waals surface area contributed by atoms with Gasteiger partial charge in [0.15, 0.2) is 0 Å². The smallest absolute Gasteiger partial charge is 0.310 e. The Kier molecular flexibility index (Phi) is 7.39. The SMILES string of the molecule is CCOC(=O)[C@H]1[C@H]2C(=O)N([C@@H](CC)CO)[C@H](C(=O)Nc3c(C)cccc3C)[C@H]2C=C[C@H]1C. The average Bonchev–Trinajstić information content (AvgIpc) is 3.04. The number of esters is 1. The van der Waals surface area contributed by atoms with E-state index in [1.54, 1.807) is 6.92 Å². The third kappa shape index (κ3) is 4.18. The highest BCUT2D eigenvalue weighted by atomic mass is 16.5. The van der Waals surface area contributed by atoms with E-state index in [1.807, 2.05) is 58.0 Å². The van der Waals surface area contributed by atoms with E-state index >= 15 is 0 Å². The van der Waals surface area contributed by atoms with Crippen molar-refractivity contribution in [2.45, 2.75) is 53.1 Å². The molecule has 0 radical (unpaired) electrons. The molecule has 0 aromatic heterocycles. The van der Waals surface area contributed by atoms with Crippen LogP contribution in [0, 0.1) is 37.5 Å². The lowest BCUT2D eigenvalue weighted by molar-refractivity contribution is -0.155. The van der Waals surface area contributed by atoms with Crippen LogP contribution in [0.5, 0.6) is 0 Å². The van der Waals surface area contributed by atoms with Crippen LogP contribution in [0.2, 0.25) is 0 Å². The summed E-state index contributed by atoms with van der Waals surface area (Å²) >= 11 is 0. The second-order valence-corrected chi connectivity index (χ2v) is 8.82. The molecule has 32 heavy (non-hydrogen) atoms. The fourth-order valence-electron chi connectivity index (χ4n) is 5.15. The third-order valence-electron chi connectivity index (χ3n) is 6.84. The lowest BCUT2D eigenvalue weighted by atomic mass is 9.70. The number of rotatable bonds is 7. The van der Waals surface area contributed by atoms with E-state index in [0.29, 0.717) is 6.42 Å². The summed E-state index contributed by atoms with van der Waals surface area (Å²) in [6, 6.07) is 4.45. The molecule has 2 N–H and O–H groups in total. The first kappa shape index (κ1) is 24.0. The maximum Gasteiger partial charge on any atom is 0.310 e. The maximum absolute atomic E-state index is 13.7. The highest BCUT2D eigenvalue weighted by Crippen LogP contribution is 2.45. The van der Waals surface area contributed by atoms with Crippen LogP contribution in [0.4, 0.5) is 5.69 Å². The van der Waals surface area contributed by atoms with Crippen molar-refractivity contribution < 1.29 is 24.2 Å². The summed E-state index contributed by atoms with van der Waals surface area (Å²) in [5.74, 6) is -3.00. The monoisotopic (exact) mass is 442 g/mol. The molecule has 7 heteroatoms. The maximum atomic E-state index is 13.7. The van der Waals surface area contributed by atoms with Crippen LogP contribution in [0.3, 0.4) is 0 Å². The van der Waals surface area contributed by atoms with Crippen molar-refractivity contribution in [1.82, 2.24) is 4.90 Å². The van der Waals surface area contributed by atoms with Gasteiger partial charge in [-0.1, -0.05) is 44.2 Å². The van der Waals surface area contributed by atoms with E-state index in [1.165, 1.54) is 4.90 Å². The number of ether oxygens (including phenoxy) is 1. The van der Waals surface area contributed by atoms with Crippen molar-refractivity contribution in [3.05, 3.63) is 41.5 Å². The van der Waals surface area contributed by atoms with Gasteiger partial charge in [0.1, 0.15) is 6.04 Å². The number of likely N-dealkylation sites (tertiary alicyclic amines) is 1. The van der Waals surface area contributed by atoms with Gasteiger partial charge in [0, 0.05) is 11.6 Å². The first-order chi connectivity index (χ1) is 15.3. The molecule has 0 unspecified atom stereocenters. The number of allylic oxidation sites excluding steroid dienone is 1. The summed E-state index contributed by atoms with van der Waals surface area (Å²) in [7, 11) is 0. The summed E-state index contributed by atoms with van der Waals surface area (Å²) in [5.41, 5.74) is 2.58. The summed E-state index contributed by atoms with van der Waals surface area (Å²) in [4.78, 5) is 41.6. The van der Waals surface area contributed by atoms with Crippen LogP contribution in [-0.2, 0) is 19.1 Å². The van der Waals surface area contributed by atoms with E-state index in [0.717, 1.165) is 16.8 Å². The molecule has 1 saturated heterocycles. The number of nitrogens with one attached hydrogen (secondary N) is 1. The van der Waals surface area contributed by atoms with Gasteiger partial charge in [-0.2, -0.15) is 0 Å². The molecule has 1 fully saturated rings. The number of hydrogen-bond acceptors (Lipinski definition) is 5. The molecule has 7 nitrogen and oxygen atoms in total. The Morgan fingerprint density at radius 1 is 1.19 bits per heavy atom. The molecule has 3 rings (SSSR count). The predicted molar refractivity (Wildman–Crippen MR) is 122 cm³/mol. The fourth-order valence-corrected chi connectivity index (χ4v) is 5.15. The largest absolute Gasteiger partial charge is 0.466 e. The Hall–Kier alpha value is -2.67. The quantitative estimate of drug-likeness (QED) is 0.500. The second kappa shape index (κ2) is 9.86. The van der Waals surface area contributed by atoms with Crippen molar-refractivity contribution >= 4 is 23.5 Å². The van der Waals surface area contributed by atoms with E-state index < -0.39 is 35.8 Å². The molecular formula is C25H34N2O5. The fraction of sp³-hybridized carbons (Fsp3) is 0.560. The van der Waals surface area contributed by atoms with Crippen molar-refractivity contribution in [3.63, 3.8) is 0 Å². The van der Waals surface area contributed by atoms with Crippen LogP contribution >= 0.6 is 0 Å². The Labute approximate surface area is 189 Å². The molecule has 1 heterocycles. The van der Waals surface area contributed by atoms with Crippen molar-refractivity contribution in [2.75, 3.05) is 18.5 Å². The number of carbonyl (C=O) groups is 3. The number of hydrogen-bond donors (Lipinski definition) is 2. The van der Waals surface area contributed by atoms with Crippen LogP contribution in [0.15, 0.2) is 30.4 Å². The van der Waals surface area contributed by atoms with E-state index in [2.05, 4.69) is 5.32 Å². The first-order valence-electron chi connectivity index (χ1n) is 11.4. The third-order valence-corrected chi connectivity index (χ3v) is 6.84. The van der Waals surface area contributed by atoms with Crippen LogP contribution in [0.25, 0.3) is 0 Å². The molecule has 0 bridgehead atoms. The molecule has 1 aliphatic carbocycles. The Bertz CT molecular complexity index is 887. The summed E-state index contributed by atoms with van der Waals surface area (Å²) < 4.78 is 5.29. The highest BCUT2D eigenvalue weighted by molar-refractivity contribution is 6.02. The number of benzene rings is 1. The Balaban J connectivity index is 2.04. The minimum atomic E-state index is -0.815. The van der Waals surface area contributed by atoms with Gasteiger partial charge in [0.2, 0.25) is 11.8 Å². The van der Waals surface area contributed by atoms with Gasteiger partial charge >= 0.3 is 5.97 Å². The lowest BCUT2D eigenvalue weighted by Crippen LogP contribution is -2.50. The molecular weight excluding hydrogens is 408 g/mol. The number of aliphatic hydroxyl groups excluding tert-OH is 1. The molecule has 1 aliphatic heterocycles. The molecule has 2 amide bonds. The van der Waals surface area contributed by atoms with Crippen molar-refractivity contribution in [3.8, 4) is 0 Å². The zero-order chi connectivity index (χ0) is 23.6. The molecule has 0 saturated carbocycles. The first-order valence-corrected chi connectivity index (χ1v) is 11.4. The van der Waals surface area contributed by atoms with Gasteiger partial charge in [0.05, 0.1) is 31.1 Å². The number of fused-ring (bicyclic) bond motifs is 1. The number of nitrogens with zero attached hydrogens (tertiary/aromatic N) is 1. The van der Waals surface area contributed by atoms with E-state index in [-0.39, 0.29) is 30.9 Å². The van der Waals surface area contributed by atoms with Gasteiger partial charge in [-0.05, 0) is 44.2 Å². The molecule has 2 aliphatic rings. The number of anilines is 1.